The van der Waals surface area contributed by atoms with Crippen LogP contribution < -0.4 is 20.0 Å². The highest BCUT2D eigenvalue weighted by Gasteiger charge is 2.40. The Balaban J connectivity index is 1.46. The molecule has 0 aromatic carbocycles. The van der Waals surface area contributed by atoms with Gasteiger partial charge in [0.05, 0.1) is 30.6 Å². The largest absolute Gasteiger partial charge is 0.375 e. The first kappa shape index (κ1) is 18.1. The number of fused-ring (bicyclic) bond motifs is 4. The van der Waals surface area contributed by atoms with E-state index in [1.54, 1.807) is 23.5 Å². The molecule has 2 saturated heterocycles. The van der Waals surface area contributed by atoms with Crippen LogP contribution in [-0.2, 0) is 4.74 Å². The second-order valence-electron chi connectivity index (χ2n) is 7.64. The van der Waals surface area contributed by atoms with Crippen LogP contribution in [0.2, 0.25) is 0 Å². The molecule has 2 fully saturated rings. The van der Waals surface area contributed by atoms with Gasteiger partial charge in [0.2, 0.25) is 0 Å². The topological polar surface area (TPSA) is 86.7 Å². The number of carbonyl (C=O) groups excluding carboxylic acids is 1. The molecule has 0 unspecified atom stereocenters. The van der Waals surface area contributed by atoms with Crippen molar-refractivity contribution in [2.45, 2.75) is 31.9 Å². The molecule has 5 rings (SSSR count). The monoisotopic (exact) mass is 395 g/mol. The fourth-order valence-electron chi connectivity index (χ4n) is 4.35. The van der Waals surface area contributed by atoms with E-state index in [0.717, 1.165) is 56.3 Å². The molecule has 2 aromatic heterocycles. The quantitative estimate of drug-likeness (QED) is 0.852. The molecule has 2 atom stereocenters. The summed E-state index contributed by atoms with van der Waals surface area (Å²) >= 11 is 0. The molecule has 2 amide bonds. The van der Waals surface area contributed by atoms with Gasteiger partial charge in [-0.2, -0.15) is 0 Å². The van der Waals surface area contributed by atoms with Gasteiger partial charge in [-0.25, -0.2) is 14.8 Å². The third-order valence-electron chi connectivity index (χ3n) is 5.87. The predicted molar refractivity (Wildman–Crippen MR) is 111 cm³/mol. The van der Waals surface area contributed by atoms with Gasteiger partial charge >= 0.3 is 6.03 Å². The Labute approximate surface area is 169 Å². The van der Waals surface area contributed by atoms with Crippen molar-refractivity contribution in [2.75, 3.05) is 52.8 Å². The second kappa shape index (κ2) is 7.47. The summed E-state index contributed by atoms with van der Waals surface area (Å²) in [6.45, 7) is 6.23. The number of nitrogens with zero attached hydrogens (tertiary/aromatic N) is 6. The highest BCUT2D eigenvalue weighted by molar-refractivity contribution is 6.04. The zero-order valence-electron chi connectivity index (χ0n) is 16.5. The Morgan fingerprint density at radius 2 is 2.17 bits per heavy atom. The van der Waals surface area contributed by atoms with Crippen molar-refractivity contribution in [3.63, 3.8) is 0 Å². The SMILES string of the molecule is CC[C@@H]1CN(c2ccc3c(n2)N(C(=O)Nc2cnccn2)[C@H]2CCN3C2)CCO1. The average molecular weight is 395 g/mol. The van der Waals surface area contributed by atoms with Gasteiger partial charge in [0.15, 0.2) is 11.6 Å². The number of morpholine rings is 1. The van der Waals surface area contributed by atoms with E-state index < -0.39 is 0 Å². The summed E-state index contributed by atoms with van der Waals surface area (Å²) < 4.78 is 5.80. The van der Waals surface area contributed by atoms with Crippen LogP contribution in [0.25, 0.3) is 0 Å². The van der Waals surface area contributed by atoms with Crippen molar-refractivity contribution in [3.05, 3.63) is 30.7 Å². The van der Waals surface area contributed by atoms with Crippen LogP contribution in [0.5, 0.6) is 0 Å². The minimum Gasteiger partial charge on any atom is -0.375 e. The third kappa shape index (κ3) is 3.35. The van der Waals surface area contributed by atoms with Crippen LogP contribution in [0, 0.1) is 0 Å². The molecule has 0 spiro atoms. The molecule has 3 aliphatic rings. The number of urea groups is 1. The summed E-state index contributed by atoms with van der Waals surface area (Å²) in [7, 11) is 0. The van der Waals surface area contributed by atoms with Crippen LogP contribution in [0.1, 0.15) is 19.8 Å². The van der Waals surface area contributed by atoms with E-state index in [-0.39, 0.29) is 18.2 Å². The lowest BCUT2D eigenvalue weighted by atomic mass is 10.1. The third-order valence-corrected chi connectivity index (χ3v) is 5.87. The molecule has 1 N–H and O–H groups in total. The maximum absolute atomic E-state index is 13.2. The van der Waals surface area contributed by atoms with E-state index >= 15 is 0 Å². The molecule has 3 aliphatic heterocycles. The van der Waals surface area contributed by atoms with Crippen molar-refractivity contribution < 1.29 is 9.53 Å². The smallest absolute Gasteiger partial charge is 0.329 e. The number of hydrogen-bond donors (Lipinski definition) is 1. The van der Waals surface area contributed by atoms with E-state index in [1.807, 2.05) is 0 Å². The first-order chi connectivity index (χ1) is 14.2. The summed E-state index contributed by atoms with van der Waals surface area (Å²) in [4.78, 5) is 32.7. The Hall–Kier alpha value is -2.94. The van der Waals surface area contributed by atoms with Crippen LogP contribution in [0.15, 0.2) is 30.7 Å². The Morgan fingerprint density at radius 1 is 1.24 bits per heavy atom. The minimum absolute atomic E-state index is 0.106. The Kier molecular flexibility index (Phi) is 4.67. The van der Waals surface area contributed by atoms with E-state index in [1.165, 1.54) is 0 Å². The summed E-state index contributed by atoms with van der Waals surface area (Å²) in [5.41, 5.74) is 1.01. The van der Waals surface area contributed by atoms with Gasteiger partial charge in [-0.15, -0.1) is 0 Å². The number of nitrogens with one attached hydrogen (secondary N) is 1. The number of rotatable bonds is 3. The first-order valence-corrected chi connectivity index (χ1v) is 10.2. The molecular weight excluding hydrogens is 370 g/mol. The number of aromatic nitrogens is 3. The number of anilines is 4. The van der Waals surface area contributed by atoms with Gasteiger partial charge in [-0.3, -0.25) is 15.2 Å². The molecule has 152 valence electrons. The molecule has 0 radical (unpaired) electrons. The van der Waals surface area contributed by atoms with E-state index in [2.05, 4.69) is 44.1 Å². The first-order valence-electron chi connectivity index (χ1n) is 10.2. The minimum atomic E-state index is -0.212. The van der Waals surface area contributed by atoms with Gasteiger partial charge in [-0.05, 0) is 25.0 Å². The van der Waals surface area contributed by atoms with Crippen molar-refractivity contribution >= 4 is 29.2 Å². The lowest BCUT2D eigenvalue weighted by Crippen LogP contribution is -2.49. The summed E-state index contributed by atoms with van der Waals surface area (Å²) in [5, 5.41) is 2.87. The van der Waals surface area contributed by atoms with Crippen molar-refractivity contribution in [1.82, 2.24) is 15.0 Å². The van der Waals surface area contributed by atoms with E-state index in [0.29, 0.717) is 12.4 Å². The number of ether oxygens (including phenoxy) is 1. The van der Waals surface area contributed by atoms with E-state index in [4.69, 9.17) is 9.72 Å². The molecule has 2 aromatic rings. The number of amides is 2. The van der Waals surface area contributed by atoms with Gasteiger partial charge in [0, 0.05) is 38.6 Å². The summed E-state index contributed by atoms with van der Waals surface area (Å²) in [6.07, 6.45) is 6.82. The van der Waals surface area contributed by atoms with Gasteiger partial charge < -0.3 is 14.5 Å². The molecule has 9 nitrogen and oxygen atoms in total. The average Bonchev–Trinajstić information content (AvgIpc) is 3.18. The molecule has 0 saturated carbocycles. The predicted octanol–water partition coefficient (Wildman–Crippen LogP) is 2.12. The zero-order chi connectivity index (χ0) is 19.8. The molecule has 29 heavy (non-hydrogen) atoms. The zero-order valence-corrected chi connectivity index (χ0v) is 16.5. The van der Waals surface area contributed by atoms with Crippen LogP contribution in [-0.4, -0.2) is 65.9 Å². The molecular formula is C20H25N7O2. The van der Waals surface area contributed by atoms with Crippen molar-refractivity contribution in [2.24, 2.45) is 0 Å². The maximum atomic E-state index is 13.2. The number of hydrogen-bond acceptors (Lipinski definition) is 7. The highest BCUT2D eigenvalue weighted by atomic mass is 16.5. The Bertz CT molecular complexity index is 894. The fraction of sp³-hybridized carbons (Fsp3) is 0.500. The van der Waals surface area contributed by atoms with Gasteiger partial charge in [0.25, 0.3) is 0 Å². The molecule has 9 heteroatoms. The second-order valence-corrected chi connectivity index (χ2v) is 7.64. The summed E-state index contributed by atoms with van der Waals surface area (Å²) in [6, 6.07) is 4.05. The normalized spacial score (nSPS) is 23.1. The molecule has 0 aliphatic carbocycles. The van der Waals surface area contributed by atoms with Crippen LogP contribution >= 0.6 is 0 Å². The number of pyridine rings is 1. The fourth-order valence-corrected chi connectivity index (χ4v) is 4.35. The van der Waals surface area contributed by atoms with Crippen LogP contribution in [0.4, 0.5) is 27.9 Å². The van der Waals surface area contributed by atoms with Gasteiger partial charge in [0.1, 0.15) is 5.82 Å². The van der Waals surface area contributed by atoms with Crippen molar-refractivity contribution in [1.29, 1.82) is 0 Å². The van der Waals surface area contributed by atoms with Crippen LogP contribution in [0.3, 0.4) is 0 Å². The van der Waals surface area contributed by atoms with Crippen molar-refractivity contribution in [3.8, 4) is 0 Å². The lowest BCUT2D eigenvalue weighted by Gasteiger charge is -2.38. The highest BCUT2D eigenvalue weighted by Crippen LogP contribution is 2.40. The Morgan fingerprint density at radius 3 is 3.00 bits per heavy atom. The van der Waals surface area contributed by atoms with E-state index in [9.17, 15) is 4.79 Å². The maximum Gasteiger partial charge on any atom is 0.329 e. The summed E-state index contributed by atoms with van der Waals surface area (Å²) in [5.74, 6) is 2.05. The lowest BCUT2D eigenvalue weighted by molar-refractivity contribution is 0.0382. The van der Waals surface area contributed by atoms with Gasteiger partial charge in [-0.1, -0.05) is 6.92 Å². The number of carbonyl (C=O) groups is 1. The standard InChI is InChI=1S/C20H25N7O2/c1-2-15-13-26(9-10-29-15)18-4-3-16-19(24-18)27(14-5-8-25(16)12-14)20(28)23-17-11-21-6-7-22-17/h3-4,6-7,11,14-15H,2,5,8-10,12-13H2,1H3,(H,22,23,28)/t14-,15+/m0/s1. The molecule has 5 heterocycles. The molecule has 2 bridgehead atoms.